The molecule has 4 bridgehead atoms. The van der Waals surface area contributed by atoms with Crippen molar-refractivity contribution < 1.29 is 14.7 Å². The first kappa shape index (κ1) is 24.1. The smallest absolute Gasteiger partial charge is 0.320 e. The maximum absolute atomic E-state index is 13.6. The van der Waals surface area contributed by atoms with Crippen LogP contribution in [0, 0.1) is 37.0 Å². The molecule has 1 aromatic carbocycles. The van der Waals surface area contributed by atoms with E-state index in [0.29, 0.717) is 24.3 Å². The average molecular weight is 495 g/mol. The fraction of sp³-hybridized carbons (Fsp3) is 0.724. The minimum Gasteiger partial charge on any atom is -0.393 e. The zero-order valence-electron chi connectivity index (χ0n) is 21.9. The van der Waals surface area contributed by atoms with Gasteiger partial charge in [-0.15, -0.1) is 0 Å². The second-order valence-electron chi connectivity index (χ2n) is 12.5. The summed E-state index contributed by atoms with van der Waals surface area (Å²) >= 11 is 0. The van der Waals surface area contributed by atoms with Gasteiger partial charge in [-0.25, -0.2) is 4.79 Å². The van der Waals surface area contributed by atoms with Crippen LogP contribution < -0.4 is 10.2 Å². The number of likely N-dealkylation sites (tertiary alicyclic amines) is 1. The molecule has 2 heterocycles. The Bertz CT molecular complexity index is 1000. The summed E-state index contributed by atoms with van der Waals surface area (Å²) in [5.74, 6) is 1.39. The molecular weight excluding hydrogens is 452 g/mol. The maximum atomic E-state index is 13.6. The van der Waals surface area contributed by atoms with Gasteiger partial charge in [0.15, 0.2) is 0 Å². The van der Waals surface area contributed by atoms with Crippen molar-refractivity contribution in [3.8, 4) is 0 Å². The molecule has 0 radical (unpaired) electrons. The number of urea groups is 1. The predicted molar refractivity (Wildman–Crippen MR) is 140 cm³/mol. The second kappa shape index (κ2) is 9.23. The highest BCUT2D eigenvalue weighted by atomic mass is 16.3. The molecule has 7 rings (SSSR count). The van der Waals surface area contributed by atoms with E-state index in [2.05, 4.69) is 42.3 Å². The van der Waals surface area contributed by atoms with Crippen molar-refractivity contribution in [2.24, 2.45) is 23.2 Å². The first-order chi connectivity index (χ1) is 17.3. The van der Waals surface area contributed by atoms with Crippen molar-refractivity contribution in [3.63, 3.8) is 0 Å². The molecule has 2 aliphatic heterocycles. The van der Waals surface area contributed by atoms with Gasteiger partial charge in [0.05, 0.1) is 11.5 Å². The van der Waals surface area contributed by atoms with Gasteiger partial charge in [0.25, 0.3) is 0 Å². The standard InChI is InChI=1S/C29H42N4O3/c1-19-5-6-20(2)25(12-19)31-8-10-32(11-9-31)28(36)33-7-3-4-24(18-33)30-27(35)29-15-21-13-22(16-29)26(34)23(14-21)17-29/h5-6,12,21-24,26,34H,3-4,7-11,13-18H2,1-2H3,(H,30,35). The van der Waals surface area contributed by atoms with Gasteiger partial charge in [0, 0.05) is 51.0 Å². The maximum Gasteiger partial charge on any atom is 0.320 e. The largest absolute Gasteiger partial charge is 0.393 e. The van der Waals surface area contributed by atoms with E-state index in [1.807, 2.05) is 9.80 Å². The minimum atomic E-state index is -0.285. The molecule has 7 heteroatoms. The number of carbonyl (C=O) groups excluding carboxylic acids is 2. The highest BCUT2D eigenvalue weighted by Crippen LogP contribution is 2.60. The van der Waals surface area contributed by atoms with Crippen molar-refractivity contribution in [2.75, 3.05) is 44.2 Å². The summed E-state index contributed by atoms with van der Waals surface area (Å²) in [5.41, 5.74) is 3.54. The van der Waals surface area contributed by atoms with Crippen LogP contribution in [0.1, 0.15) is 56.1 Å². The average Bonchev–Trinajstić information content (AvgIpc) is 2.88. The summed E-state index contributed by atoms with van der Waals surface area (Å²) in [5, 5.41) is 14.0. The molecule has 1 aromatic rings. The summed E-state index contributed by atoms with van der Waals surface area (Å²) < 4.78 is 0. The molecule has 4 saturated carbocycles. The van der Waals surface area contributed by atoms with Crippen LogP contribution in [0.25, 0.3) is 0 Å². The zero-order chi connectivity index (χ0) is 25.0. The second-order valence-corrected chi connectivity index (χ2v) is 12.5. The van der Waals surface area contributed by atoms with Crippen molar-refractivity contribution in [2.45, 2.75) is 70.9 Å². The van der Waals surface area contributed by atoms with Crippen LogP contribution in [-0.2, 0) is 4.79 Å². The van der Waals surface area contributed by atoms with Gasteiger partial charge in [-0.3, -0.25) is 4.79 Å². The van der Waals surface area contributed by atoms with Crippen molar-refractivity contribution in [1.82, 2.24) is 15.1 Å². The third kappa shape index (κ3) is 4.27. The van der Waals surface area contributed by atoms with E-state index < -0.39 is 0 Å². The number of aliphatic hydroxyl groups is 1. The lowest BCUT2D eigenvalue weighted by Crippen LogP contribution is -2.61. The summed E-state index contributed by atoms with van der Waals surface area (Å²) in [6.45, 7) is 8.82. The van der Waals surface area contributed by atoms with Crippen LogP contribution in [0.5, 0.6) is 0 Å². The molecule has 196 valence electrons. The number of amides is 3. The number of piperazine rings is 1. The van der Waals surface area contributed by atoms with Gasteiger partial charge in [-0.05, 0) is 93.7 Å². The van der Waals surface area contributed by atoms with E-state index >= 15 is 0 Å². The lowest BCUT2D eigenvalue weighted by Gasteiger charge is -2.58. The Morgan fingerprint density at radius 1 is 0.972 bits per heavy atom. The van der Waals surface area contributed by atoms with Gasteiger partial charge in [-0.2, -0.15) is 0 Å². The predicted octanol–water partition coefficient (Wildman–Crippen LogP) is 3.31. The number of aryl methyl sites for hydroxylation is 2. The normalized spacial score (nSPS) is 35.8. The number of carbonyl (C=O) groups is 2. The van der Waals surface area contributed by atoms with Crippen LogP contribution in [0.4, 0.5) is 10.5 Å². The van der Waals surface area contributed by atoms with Gasteiger partial charge >= 0.3 is 6.03 Å². The SMILES string of the molecule is Cc1ccc(C)c(N2CCN(C(=O)N3CCCC(NC(=O)C45CC6CC(C4)C(O)C(C6)C5)C3)CC2)c1. The Hall–Kier alpha value is -2.28. The fourth-order valence-electron chi connectivity index (χ4n) is 8.28. The third-order valence-corrected chi connectivity index (χ3v) is 9.99. The lowest BCUT2D eigenvalue weighted by molar-refractivity contribution is -0.163. The van der Waals surface area contributed by atoms with Crippen molar-refractivity contribution in [3.05, 3.63) is 29.3 Å². The molecule has 7 nitrogen and oxygen atoms in total. The number of aliphatic hydroxyl groups excluding tert-OH is 1. The van der Waals surface area contributed by atoms with Crippen molar-refractivity contribution >= 4 is 17.6 Å². The molecule has 4 aliphatic carbocycles. The summed E-state index contributed by atoms with van der Waals surface area (Å²) in [6.07, 6.45) is 6.51. The van der Waals surface area contributed by atoms with Gasteiger partial charge in [0.2, 0.25) is 5.91 Å². The Kier molecular flexibility index (Phi) is 6.17. The molecule has 3 atom stereocenters. The quantitative estimate of drug-likeness (QED) is 0.676. The molecule has 6 fully saturated rings. The van der Waals surface area contributed by atoms with Crippen LogP contribution in [0.3, 0.4) is 0 Å². The van der Waals surface area contributed by atoms with E-state index in [1.54, 1.807) is 0 Å². The Labute approximate surface area is 215 Å². The number of nitrogens with zero attached hydrogens (tertiary/aromatic N) is 3. The lowest BCUT2D eigenvalue weighted by atomic mass is 9.48. The Morgan fingerprint density at radius 3 is 2.42 bits per heavy atom. The number of rotatable bonds is 3. The van der Waals surface area contributed by atoms with E-state index in [-0.39, 0.29) is 29.5 Å². The van der Waals surface area contributed by atoms with Gasteiger partial charge < -0.3 is 25.1 Å². The molecule has 6 aliphatic rings. The molecule has 2 N–H and O–H groups in total. The summed E-state index contributed by atoms with van der Waals surface area (Å²) in [7, 11) is 0. The summed E-state index contributed by atoms with van der Waals surface area (Å²) in [6, 6.07) is 6.72. The van der Waals surface area contributed by atoms with Crippen LogP contribution in [0.2, 0.25) is 0 Å². The number of piperidine rings is 1. The fourth-order valence-corrected chi connectivity index (χ4v) is 8.28. The van der Waals surface area contributed by atoms with E-state index in [0.717, 1.165) is 77.7 Å². The highest BCUT2D eigenvalue weighted by Gasteiger charge is 2.58. The Balaban J connectivity index is 1.04. The van der Waals surface area contributed by atoms with Crippen LogP contribution in [0.15, 0.2) is 18.2 Å². The Morgan fingerprint density at radius 2 is 1.69 bits per heavy atom. The topological polar surface area (TPSA) is 76.1 Å². The molecule has 0 aromatic heterocycles. The third-order valence-electron chi connectivity index (χ3n) is 9.99. The minimum absolute atomic E-state index is 0.0318. The van der Waals surface area contributed by atoms with Gasteiger partial charge in [-0.1, -0.05) is 12.1 Å². The van der Waals surface area contributed by atoms with Gasteiger partial charge in [0.1, 0.15) is 0 Å². The first-order valence-electron chi connectivity index (χ1n) is 14.2. The van der Waals surface area contributed by atoms with E-state index in [9.17, 15) is 14.7 Å². The number of benzene rings is 1. The number of hydrogen-bond acceptors (Lipinski definition) is 4. The molecular formula is C29H42N4O3. The van der Waals surface area contributed by atoms with E-state index in [1.165, 1.54) is 16.8 Å². The molecule has 3 unspecified atom stereocenters. The molecule has 0 spiro atoms. The first-order valence-corrected chi connectivity index (χ1v) is 14.2. The van der Waals surface area contributed by atoms with E-state index in [4.69, 9.17) is 0 Å². The molecule has 36 heavy (non-hydrogen) atoms. The zero-order valence-corrected chi connectivity index (χ0v) is 21.9. The number of hydrogen-bond donors (Lipinski definition) is 2. The molecule has 2 saturated heterocycles. The van der Waals surface area contributed by atoms with Crippen molar-refractivity contribution in [1.29, 1.82) is 0 Å². The van der Waals surface area contributed by atoms with Crippen LogP contribution >= 0.6 is 0 Å². The molecule has 3 amide bonds. The highest BCUT2D eigenvalue weighted by molar-refractivity contribution is 5.83. The number of nitrogens with one attached hydrogen (secondary N) is 1. The monoisotopic (exact) mass is 494 g/mol. The number of anilines is 1. The summed E-state index contributed by atoms with van der Waals surface area (Å²) in [4.78, 5) is 33.3. The van der Waals surface area contributed by atoms with Crippen LogP contribution in [-0.4, -0.2) is 78.3 Å².